The van der Waals surface area contributed by atoms with Crippen LogP contribution in [0.25, 0.3) is 0 Å². The molecule has 2 heterocycles. The molecule has 0 radical (unpaired) electrons. The van der Waals surface area contributed by atoms with Crippen LogP contribution >= 0.6 is 0 Å². The number of likely N-dealkylation sites (tertiary alicyclic amines) is 1. The first-order chi connectivity index (χ1) is 10.3. The van der Waals surface area contributed by atoms with Crippen molar-refractivity contribution in [2.45, 2.75) is 70.6 Å². The summed E-state index contributed by atoms with van der Waals surface area (Å²) in [7, 11) is -0.619. The number of hydrogen-bond acceptors (Lipinski definition) is 4. The van der Waals surface area contributed by atoms with Crippen LogP contribution in [0, 0.1) is 0 Å². The molecular formula is C16H30N2O3S. The zero-order valence-corrected chi connectivity index (χ0v) is 14.9. The summed E-state index contributed by atoms with van der Waals surface area (Å²) in [6.07, 6.45) is 5.02. The molecular weight excluding hydrogens is 300 g/mol. The zero-order chi connectivity index (χ0) is 16.2. The van der Waals surface area contributed by atoms with Gasteiger partial charge in [0.05, 0.1) is 0 Å². The number of carbonyl (C=O) groups is 1. The maximum absolute atomic E-state index is 12.4. The fourth-order valence-corrected chi connectivity index (χ4v) is 4.37. The molecule has 1 atom stereocenters. The molecule has 1 unspecified atom stereocenters. The lowest BCUT2D eigenvalue weighted by atomic mass is 10.0. The fourth-order valence-electron chi connectivity index (χ4n) is 3.07. The van der Waals surface area contributed by atoms with Crippen LogP contribution in [0.1, 0.15) is 52.9 Å². The van der Waals surface area contributed by atoms with Crippen LogP contribution in [-0.2, 0) is 15.5 Å². The Balaban J connectivity index is 1.84. The van der Waals surface area contributed by atoms with Gasteiger partial charge in [0, 0.05) is 47.5 Å². The van der Waals surface area contributed by atoms with Gasteiger partial charge in [0.2, 0.25) is 0 Å². The standard InChI is InChI=1S/C16H30N2O3S/c1-16(2,3)21-15(19)18-9-5-4-6-14(18)12-17-13-7-10-22(20)11-8-13/h13-14,17H,4-12H2,1-3H3. The molecule has 2 fully saturated rings. The van der Waals surface area contributed by atoms with Crippen molar-refractivity contribution in [3.63, 3.8) is 0 Å². The molecule has 22 heavy (non-hydrogen) atoms. The van der Waals surface area contributed by atoms with E-state index < -0.39 is 16.4 Å². The Morgan fingerprint density at radius 2 is 1.91 bits per heavy atom. The number of carbonyl (C=O) groups excluding carboxylic acids is 1. The van der Waals surface area contributed by atoms with E-state index in [0.29, 0.717) is 6.04 Å². The normalized spacial score (nSPS) is 30.1. The highest BCUT2D eigenvalue weighted by Gasteiger charge is 2.31. The van der Waals surface area contributed by atoms with E-state index in [9.17, 15) is 9.00 Å². The summed E-state index contributed by atoms with van der Waals surface area (Å²) in [6.45, 7) is 7.32. The van der Waals surface area contributed by atoms with Crippen molar-refractivity contribution in [3.8, 4) is 0 Å². The molecule has 2 rings (SSSR count). The van der Waals surface area contributed by atoms with Crippen LogP contribution in [0.2, 0.25) is 0 Å². The lowest BCUT2D eigenvalue weighted by Gasteiger charge is -2.37. The second-order valence-corrected chi connectivity index (χ2v) is 9.05. The Morgan fingerprint density at radius 1 is 1.23 bits per heavy atom. The van der Waals surface area contributed by atoms with Crippen LogP contribution in [0.4, 0.5) is 4.79 Å². The van der Waals surface area contributed by atoms with E-state index in [1.165, 1.54) is 6.42 Å². The Bertz CT molecular complexity index is 399. The Kier molecular flexibility index (Phi) is 6.26. The van der Waals surface area contributed by atoms with Crippen molar-refractivity contribution >= 4 is 16.9 Å². The summed E-state index contributed by atoms with van der Waals surface area (Å²) in [6, 6.07) is 0.663. The maximum Gasteiger partial charge on any atom is 0.410 e. The molecule has 128 valence electrons. The minimum atomic E-state index is -0.619. The van der Waals surface area contributed by atoms with Crippen LogP contribution in [0.15, 0.2) is 0 Å². The van der Waals surface area contributed by atoms with E-state index in [4.69, 9.17) is 4.74 Å². The van der Waals surface area contributed by atoms with E-state index in [2.05, 4.69) is 5.32 Å². The van der Waals surface area contributed by atoms with Crippen LogP contribution in [0.5, 0.6) is 0 Å². The largest absolute Gasteiger partial charge is 0.444 e. The fraction of sp³-hybridized carbons (Fsp3) is 0.938. The molecule has 2 aliphatic rings. The number of ether oxygens (including phenoxy) is 1. The van der Waals surface area contributed by atoms with Gasteiger partial charge in [-0.3, -0.25) is 4.21 Å². The predicted octanol–water partition coefficient (Wildman–Crippen LogP) is 2.28. The third-order valence-electron chi connectivity index (χ3n) is 4.29. The van der Waals surface area contributed by atoms with Gasteiger partial charge in [0.1, 0.15) is 5.60 Å². The minimum absolute atomic E-state index is 0.191. The molecule has 0 aromatic heterocycles. The first kappa shape index (κ1) is 17.7. The van der Waals surface area contributed by atoms with E-state index in [1.54, 1.807) is 0 Å². The van der Waals surface area contributed by atoms with Gasteiger partial charge in [-0.25, -0.2) is 4.79 Å². The Labute approximate surface area is 136 Å². The van der Waals surface area contributed by atoms with Crippen molar-refractivity contribution in [2.24, 2.45) is 0 Å². The number of nitrogens with zero attached hydrogens (tertiary/aromatic N) is 1. The van der Waals surface area contributed by atoms with Gasteiger partial charge in [0.25, 0.3) is 0 Å². The predicted molar refractivity (Wildman–Crippen MR) is 89.5 cm³/mol. The lowest BCUT2D eigenvalue weighted by Crippen LogP contribution is -2.51. The summed E-state index contributed by atoms with van der Waals surface area (Å²) >= 11 is 0. The lowest BCUT2D eigenvalue weighted by molar-refractivity contribution is 0.00963. The molecule has 1 N–H and O–H groups in total. The molecule has 1 amide bonds. The number of amides is 1. The smallest absolute Gasteiger partial charge is 0.410 e. The molecule has 0 aromatic rings. The van der Waals surface area contributed by atoms with Gasteiger partial charge in [-0.2, -0.15) is 0 Å². The van der Waals surface area contributed by atoms with Crippen molar-refractivity contribution in [3.05, 3.63) is 0 Å². The van der Waals surface area contributed by atoms with E-state index in [0.717, 1.165) is 50.3 Å². The van der Waals surface area contributed by atoms with Gasteiger partial charge in [-0.1, -0.05) is 0 Å². The highest BCUT2D eigenvalue weighted by atomic mass is 32.2. The average molecular weight is 330 g/mol. The molecule has 6 heteroatoms. The highest BCUT2D eigenvalue weighted by Crippen LogP contribution is 2.20. The number of nitrogens with one attached hydrogen (secondary N) is 1. The topological polar surface area (TPSA) is 58.6 Å². The number of piperidine rings is 1. The van der Waals surface area contributed by atoms with E-state index in [-0.39, 0.29) is 12.1 Å². The molecule has 2 saturated heterocycles. The van der Waals surface area contributed by atoms with Crippen LogP contribution in [0.3, 0.4) is 0 Å². The van der Waals surface area contributed by atoms with Crippen molar-refractivity contribution in [2.75, 3.05) is 24.6 Å². The molecule has 2 aliphatic heterocycles. The van der Waals surface area contributed by atoms with E-state index >= 15 is 0 Å². The molecule has 0 aromatic carbocycles. The average Bonchev–Trinajstić information content (AvgIpc) is 2.45. The van der Waals surface area contributed by atoms with Crippen molar-refractivity contribution in [1.82, 2.24) is 10.2 Å². The third-order valence-corrected chi connectivity index (χ3v) is 5.67. The summed E-state index contributed by atoms with van der Waals surface area (Å²) in [5.41, 5.74) is -0.445. The number of hydrogen-bond donors (Lipinski definition) is 1. The zero-order valence-electron chi connectivity index (χ0n) is 14.1. The van der Waals surface area contributed by atoms with Crippen LogP contribution in [-0.4, -0.2) is 57.5 Å². The first-order valence-electron chi connectivity index (χ1n) is 8.43. The van der Waals surface area contributed by atoms with Gasteiger partial charge in [-0.05, 0) is 52.9 Å². The van der Waals surface area contributed by atoms with E-state index in [1.807, 2.05) is 25.7 Å². The Hall–Kier alpha value is -0.620. The SMILES string of the molecule is CC(C)(C)OC(=O)N1CCCCC1CNC1CCS(=O)CC1. The Morgan fingerprint density at radius 3 is 2.55 bits per heavy atom. The van der Waals surface area contributed by atoms with Crippen LogP contribution < -0.4 is 5.32 Å². The quantitative estimate of drug-likeness (QED) is 0.862. The van der Waals surface area contributed by atoms with Crippen molar-refractivity contribution < 1.29 is 13.7 Å². The first-order valence-corrected chi connectivity index (χ1v) is 9.92. The van der Waals surface area contributed by atoms with Gasteiger partial charge in [-0.15, -0.1) is 0 Å². The minimum Gasteiger partial charge on any atom is -0.444 e. The molecule has 0 bridgehead atoms. The molecule has 0 saturated carbocycles. The maximum atomic E-state index is 12.4. The van der Waals surface area contributed by atoms with Gasteiger partial charge < -0.3 is 15.0 Å². The monoisotopic (exact) mass is 330 g/mol. The van der Waals surface area contributed by atoms with Crippen molar-refractivity contribution in [1.29, 1.82) is 0 Å². The second kappa shape index (κ2) is 7.77. The molecule has 0 spiro atoms. The summed E-state index contributed by atoms with van der Waals surface area (Å²) < 4.78 is 16.9. The summed E-state index contributed by atoms with van der Waals surface area (Å²) in [4.78, 5) is 14.2. The van der Waals surface area contributed by atoms with Gasteiger partial charge in [0.15, 0.2) is 0 Å². The second-order valence-electron chi connectivity index (χ2n) is 7.35. The molecule has 5 nitrogen and oxygen atoms in total. The summed E-state index contributed by atoms with van der Waals surface area (Å²) in [5.74, 6) is 1.61. The summed E-state index contributed by atoms with van der Waals surface area (Å²) in [5, 5.41) is 3.58. The third kappa shape index (κ3) is 5.54. The van der Waals surface area contributed by atoms with Gasteiger partial charge >= 0.3 is 6.09 Å². The highest BCUT2D eigenvalue weighted by molar-refractivity contribution is 7.85. The number of rotatable bonds is 3. The molecule has 0 aliphatic carbocycles.